The fraction of sp³-hybridized carbons (Fsp3) is 0.250. The second-order valence-corrected chi connectivity index (χ2v) is 4.90. The molecule has 2 atom stereocenters. The quantitative estimate of drug-likeness (QED) is 0.798. The number of halogens is 1. The molecule has 2 aromatic rings. The van der Waals surface area contributed by atoms with E-state index in [-0.39, 0.29) is 29.4 Å². The molecule has 0 aliphatic rings. The van der Waals surface area contributed by atoms with Gasteiger partial charge in [-0.05, 0) is 37.6 Å². The van der Waals surface area contributed by atoms with E-state index in [0.29, 0.717) is 5.56 Å². The first-order chi connectivity index (χ1) is 9.47. The molecule has 0 aliphatic carbocycles. The van der Waals surface area contributed by atoms with Crippen molar-refractivity contribution in [1.29, 1.82) is 0 Å². The van der Waals surface area contributed by atoms with Crippen molar-refractivity contribution in [3.05, 3.63) is 59.4 Å². The van der Waals surface area contributed by atoms with Crippen molar-refractivity contribution in [3.8, 4) is 11.5 Å². The summed E-state index contributed by atoms with van der Waals surface area (Å²) in [7, 11) is 0. The Morgan fingerprint density at radius 3 is 2.20 bits per heavy atom. The van der Waals surface area contributed by atoms with E-state index < -0.39 is 0 Å². The van der Waals surface area contributed by atoms with Crippen molar-refractivity contribution in [2.24, 2.45) is 0 Å². The first kappa shape index (κ1) is 14.3. The number of hydrogen-bond acceptors (Lipinski definition) is 3. The van der Waals surface area contributed by atoms with E-state index in [9.17, 15) is 14.6 Å². The summed E-state index contributed by atoms with van der Waals surface area (Å²) < 4.78 is 12.9. The number of aromatic hydroxyl groups is 2. The van der Waals surface area contributed by atoms with E-state index in [2.05, 4.69) is 5.32 Å². The topological polar surface area (TPSA) is 52.5 Å². The van der Waals surface area contributed by atoms with Crippen LogP contribution in [-0.4, -0.2) is 10.2 Å². The molecule has 3 nitrogen and oxygen atoms in total. The molecule has 2 aromatic carbocycles. The third kappa shape index (κ3) is 3.27. The van der Waals surface area contributed by atoms with Gasteiger partial charge in [0, 0.05) is 23.7 Å². The van der Waals surface area contributed by atoms with Crippen LogP contribution in [0.2, 0.25) is 0 Å². The minimum atomic E-state index is -0.259. The van der Waals surface area contributed by atoms with Gasteiger partial charge in [0.25, 0.3) is 0 Å². The largest absolute Gasteiger partial charge is 0.508 e. The van der Waals surface area contributed by atoms with Crippen molar-refractivity contribution in [2.75, 3.05) is 0 Å². The lowest BCUT2D eigenvalue weighted by atomic mass is 10.0. The molecule has 0 aliphatic heterocycles. The van der Waals surface area contributed by atoms with E-state index in [0.717, 1.165) is 5.56 Å². The van der Waals surface area contributed by atoms with Gasteiger partial charge in [-0.3, -0.25) is 0 Å². The molecular weight excluding hydrogens is 257 g/mol. The Morgan fingerprint density at radius 1 is 0.950 bits per heavy atom. The van der Waals surface area contributed by atoms with Gasteiger partial charge in [-0.1, -0.05) is 18.2 Å². The van der Waals surface area contributed by atoms with Crippen LogP contribution in [0.3, 0.4) is 0 Å². The normalized spacial score (nSPS) is 13.9. The van der Waals surface area contributed by atoms with E-state index in [1.807, 2.05) is 13.8 Å². The molecular formula is C16H18FNO2. The Bertz CT molecular complexity index is 584. The zero-order valence-corrected chi connectivity index (χ0v) is 11.5. The smallest absolute Gasteiger partial charge is 0.124 e. The standard InChI is InChI=1S/C16H18FNO2/c1-10(12-3-5-13(17)6-4-12)18-11(2)15-8-7-14(19)9-16(15)20/h3-11,18-20H,1-2H3/t10-,11?/m1/s1. The molecule has 0 radical (unpaired) electrons. The molecule has 0 bridgehead atoms. The molecule has 2 rings (SSSR count). The van der Waals surface area contributed by atoms with E-state index >= 15 is 0 Å². The van der Waals surface area contributed by atoms with Crippen LogP contribution in [0.5, 0.6) is 11.5 Å². The van der Waals surface area contributed by atoms with Crippen molar-refractivity contribution >= 4 is 0 Å². The summed E-state index contributed by atoms with van der Waals surface area (Å²) in [5.74, 6) is -0.175. The minimum Gasteiger partial charge on any atom is -0.508 e. The maximum absolute atomic E-state index is 12.9. The van der Waals surface area contributed by atoms with Gasteiger partial charge in [-0.25, -0.2) is 4.39 Å². The van der Waals surface area contributed by atoms with Gasteiger partial charge < -0.3 is 15.5 Å². The predicted molar refractivity (Wildman–Crippen MR) is 76.1 cm³/mol. The molecule has 1 unspecified atom stereocenters. The van der Waals surface area contributed by atoms with Gasteiger partial charge in [0.1, 0.15) is 17.3 Å². The lowest BCUT2D eigenvalue weighted by Crippen LogP contribution is -2.22. The van der Waals surface area contributed by atoms with Crippen LogP contribution in [0.1, 0.15) is 37.1 Å². The molecule has 0 aromatic heterocycles. The summed E-state index contributed by atoms with van der Waals surface area (Å²) in [5, 5.41) is 22.4. The summed E-state index contributed by atoms with van der Waals surface area (Å²) in [6.07, 6.45) is 0. The van der Waals surface area contributed by atoms with Gasteiger partial charge in [0.2, 0.25) is 0 Å². The molecule has 0 spiro atoms. The van der Waals surface area contributed by atoms with E-state index in [4.69, 9.17) is 0 Å². The molecule has 0 fully saturated rings. The van der Waals surface area contributed by atoms with Crippen LogP contribution in [0.4, 0.5) is 4.39 Å². The minimum absolute atomic E-state index is 0.0128. The molecule has 4 heteroatoms. The summed E-state index contributed by atoms with van der Waals surface area (Å²) in [6, 6.07) is 10.8. The van der Waals surface area contributed by atoms with Gasteiger partial charge in [-0.2, -0.15) is 0 Å². The van der Waals surface area contributed by atoms with Gasteiger partial charge >= 0.3 is 0 Å². The summed E-state index contributed by atoms with van der Waals surface area (Å²) in [4.78, 5) is 0. The highest BCUT2D eigenvalue weighted by Crippen LogP contribution is 2.29. The maximum atomic E-state index is 12.9. The average Bonchev–Trinajstić information content (AvgIpc) is 2.39. The molecule has 106 valence electrons. The second-order valence-electron chi connectivity index (χ2n) is 4.90. The SMILES string of the molecule is CC(N[C@H](C)c1ccc(F)cc1)c1ccc(O)cc1O. The van der Waals surface area contributed by atoms with Crippen LogP contribution in [-0.2, 0) is 0 Å². The van der Waals surface area contributed by atoms with Gasteiger partial charge in [0.15, 0.2) is 0 Å². The second kappa shape index (κ2) is 5.92. The fourth-order valence-electron chi connectivity index (χ4n) is 2.21. The molecule has 0 saturated heterocycles. The molecule has 3 N–H and O–H groups in total. The highest BCUT2D eigenvalue weighted by Gasteiger charge is 2.14. The van der Waals surface area contributed by atoms with Gasteiger partial charge in [0.05, 0.1) is 0 Å². The van der Waals surface area contributed by atoms with Crippen LogP contribution in [0.25, 0.3) is 0 Å². The van der Waals surface area contributed by atoms with Gasteiger partial charge in [-0.15, -0.1) is 0 Å². The number of benzene rings is 2. The highest BCUT2D eigenvalue weighted by atomic mass is 19.1. The fourth-order valence-corrected chi connectivity index (χ4v) is 2.21. The summed E-state index contributed by atoms with van der Waals surface area (Å²) in [6.45, 7) is 3.90. The number of hydrogen-bond donors (Lipinski definition) is 3. The lowest BCUT2D eigenvalue weighted by molar-refractivity contribution is 0.427. The predicted octanol–water partition coefficient (Wildman–Crippen LogP) is 3.65. The lowest BCUT2D eigenvalue weighted by Gasteiger charge is -2.21. The Balaban J connectivity index is 2.10. The number of phenols is 2. The zero-order valence-electron chi connectivity index (χ0n) is 11.5. The first-order valence-corrected chi connectivity index (χ1v) is 6.50. The highest BCUT2D eigenvalue weighted by molar-refractivity contribution is 5.40. The van der Waals surface area contributed by atoms with Crippen molar-refractivity contribution in [1.82, 2.24) is 5.32 Å². The third-order valence-electron chi connectivity index (χ3n) is 3.35. The molecule has 0 heterocycles. The van der Waals surface area contributed by atoms with Crippen LogP contribution in [0, 0.1) is 5.82 Å². The molecule has 0 amide bonds. The zero-order chi connectivity index (χ0) is 14.7. The van der Waals surface area contributed by atoms with Crippen LogP contribution in [0.15, 0.2) is 42.5 Å². The van der Waals surface area contributed by atoms with E-state index in [1.165, 1.54) is 24.3 Å². The number of phenolic OH excluding ortho intramolecular Hbond substituents is 2. The summed E-state index contributed by atoms with van der Waals surface area (Å²) in [5.41, 5.74) is 1.67. The van der Waals surface area contributed by atoms with E-state index in [1.54, 1.807) is 18.2 Å². The monoisotopic (exact) mass is 275 g/mol. The average molecular weight is 275 g/mol. The Kier molecular flexibility index (Phi) is 4.25. The molecule has 0 saturated carbocycles. The number of rotatable bonds is 4. The first-order valence-electron chi connectivity index (χ1n) is 6.50. The summed E-state index contributed by atoms with van der Waals surface area (Å²) >= 11 is 0. The Labute approximate surface area is 117 Å². The number of nitrogens with one attached hydrogen (secondary N) is 1. The third-order valence-corrected chi connectivity index (χ3v) is 3.35. The maximum Gasteiger partial charge on any atom is 0.124 e. The Morgan fingerprint density at radius 2 is 1.60 bits per heavy atom. The van der Waals surface area contributed by atoms with Crippen molar-refractivity contribution < 1.29 is 14.6 Å². The van der Waals surface area contributed by atoms with Crippen LogP contribution >= 0.6 is 0 Å². The molecule has 20 heavy (non-hydrogen) atoms. The van der Waals surface area contributed by atoms with Crippen molar-refractivity contribution in [3.63, 3.8) is 0 Å². The van der Waals surface area contributed by atoms with Crippen LogP contribution < -0.4 is 5.32 Å². The van der Waals surface area contributed by atoms with Crippen molar-refractivity contribution in [2.45, 2.75) is 25.9 Å². The Hall–Kier alpha value is -2.07.